The van der Waals surface area contributed by atoms with Crippen molar-refractivity contribution in [2.24, 2.45) is 0 Å². The van der Waals surface area contributed by atoms with Gasteiger partial charge in [-0.1, -0.05) is 25.8 Å². The molecule has 0 aliphatic heterocycles. The van der Waals surface area contributed by atoms with Gasteiger partial charge in [-0.2, -0.15) is 8.78 Å². The first-order chi connectivity index (χ1) is 8.20. The topological polar surface area (TPSA) is 4.44 Å². The minimum Gasteiger partial charge on any atom is -0.274 e. The first kappa shape index (κ1) is 14.0. The molecule has 0 amide bonds. The highest BCUT2D eigenvalue weighted by Gasteiger charge is 2.19. The van der Waals surface area contributed by atoms with Gasteiger partial charge >= 0.3 is 0 Å². The Morgan fingerprint density at radius 3 is 2.53 bits per heavy atom. The van der Waals surface area contributed by atoms with Crippen LogP contribution in [-0.4, -0.2) is 13.3 Å². The summed E-state index contributed by atoms with van der Waals surface area (Å²) in [7, 11) is 0. The fourth-order valence-corrected chi connectivity index (χ4v) is 1.82. The van der Waals surface area contributed by atoms with Gasteiger partial charge in [0.15, 0.2) is 11.5 Å². The molecule has 0 saturated heterocycles. The van der Waals surface area contributed by atoms with Crippen molar-refractivity contribution in [3.05, 3.63) is 29.8 Å². The number of alkyl halides is 1. The highest BCUT2D eigenvalue weighted by atomic mass is 19.2. The SMILES string of the molecule is CCCCCC[NH+](CF)c1cccc(F)c1F. The van der Waals surface area contributed by atoms with Crippen LogP contribution in [0.15, 0.2) is 18.2 Å². The van der Waals surface area contributed by atoms with Crippen LogP contribution in [0.5, 0.6) is 0 Å². The van der Waals surface area contributed by atoms with Crippen molar-refractivity contribution in [1.29, 1.82) is 0 Å². The zero-order chi connectivity index (χ0) is 12.7. The van der Waals surface area contributed by atoms with Gasteiger partial charge in [-0.05, 0) is 18.9 Å². The Balaban J connectivity index is 2.63. The van der Waals surface area contributed by atoms with E-state index in [0.29, 0.717) is 11.4 Å². The van der Waals surface area contributed by atoms with Crippen molar-refractivity contribution in [1.82, 2.24) is 0 Å². The largest absolute Gasteiger partial charge is 0.274 e. The number of halogens is 3. The molecule has 0 aliphatic rings. The van der Waals surface area contributed by atoms with Crippen molar-refractivity contribution >= 4 is 5.69 Å². The molecule has 0 aromatic heterocycles. The number of hydrogen-bond acceptors (Lipinski definition) is 0. The van der Waals surface area contributed by atoms with Crippen molar-refractivity contribution in [3.8, 4) is 0 Å². The summed E-state index contributed by atoms with van der Waals surface area (Å²) >= 11 is 0. The smallest absolute Gasteiger partial charge is 0.225 e. The second-order valence-corrected chi connectivity index (χ2v) is 4.15. The van der Waals surface area contributed by atoms with E-state index in [1.807, 2.05) is 0 Å². The summed E-state index contributed by atoms with van der Waals surface area (Å²) in [6.07, 6.45) is 4.00. The van der Waals surface area contributed by atoms with Gasteiger partial charge in [0.1, 0.15) is 0 Å². The zero-order valence-corrected chi connectivity index (χ0v) is 10.1. The number of unbranched alkanes of at least 4 members (excludes halogenated alkanes) is 3. The van der Waals surface area contributed by atoms with Crippen LogP contribution in [0, 0.1) is 11.6 Å². The summed E-state index contributed by atoms with van der Waals surface area (Å²) < 4.78 is 39.3. The Labute approximate surface area is 100 Å². The second kappa shape index (κ2) is 7.33. The normalized spacial score (nSPS) is 12.7. The Morgan fingerprint density at radius 1 is 1.12 bits per heavy atom. The molecule has 1 N–H and O–H groups in total. The van der Waals surface area contributed by atoms with Crippen LogP contribution in [0.2, 0.25) is 0 Å². The summed E-state index contributed by atoms with van der Waals surface area (Å²) in [5, 5.41) is 0. The van der Waals surface area contributed by atoms with Crippen LogP contribution in [0.25, 0.3) is 0 Å². The average Bonchev–Trinajstić information content (AvgIpc) is 2.34. The Morgan fingerprint density at radius 2 is 1.88 bits per heavy atom. The number of hydrogen-bond donors (Lipinski definition) is 1. The molecule has 1 rings (SSSR count). The molecule has 1 atom stereocenters. The average molecular weight is 246 g/mol. The molecule has 0 fully saturated rings. The standard InChI is InChI=1S/C13H18F3N/c1-2-3-4-5-9-17(10-14)12-8-6-7-11(15)13(12)16/h6-8H,2-5,9-10H2,1H3/p+1. The predicted octanol–water partition coefficient (Wildman–Crippen LogP) is 2.99. The molecule has 1 aromatic carbocycles. The van der Waals surface area contributed by atoms with E-state index in [1.165, 1.54) is 12.1 Å². The number of benzene rings is 1. The van der Waals surface area contributed by atoms with Gasteiger partial charge in [0.2, 0.25) is 12.6 Å². The molecule has 4 heteroatoms. The minimum absolute atomic E-state index is 0.0870. The summed E-state index contributed by atoms with van der Waals surface area (Å²) in [5.41, 5.74) is 0.0870. The van der Waals surface area contributed by atoms with Gasteiger partial charge in [0.25, 0.3) is 0 Å². The molecule has 0 bridgehead atoms. The van der Waals surface area contributed by atoms with Crippen molar-refractivity contribution < 1.29 is 18.1 Å². The van der Waals surface area contributed by atoms with E-state index in [9.17, 15) is 13.2 Å². The highest BCUT2D eigenvalue weighted by molar-refractivity contribution is 5.31. The lowest BCUT2D eigenvalue weighted by Gasteiger charge is -2.15. The molecule has 17 heavy (non-hydrogen) atoms. The Bertz CT molecular complexity index is 341. The Hall–Kier alpha value is -1.03. The van der Waals surface area contributed by atoms with Gasteiger partial charge in [-0.25, -0.2) is 4.39 Å². The maximum atomic E-state index is 13.5. The summed E-state index contributed by atoms with van der Waals surface area (Å²) in [5.74, 6) is -1.85. The number of quaternary nitrogens is 1. The first-order valence-corrected chi connectivity index (χ1v) is 6.05. The van der Waals surface area contributed by atoms with E-state index >= 15 is 0 Å². The van der Waals surface area contributed by atoms with Crippen LogP contribution < -0.4 is 4.90 Å². The molecular formula is C13H19F3N+. The van der Waals surface area contributed by atoms with Gasteiger partial charge in [-0.15, -0.1) is 0 Å². The lowest BCUT2D eigenvalue weighted by Crippen LogP contribution is -3.06. The van der Waals surface area contributed by atoms with Gasteiger partial charge in [0, 0.05) is 6.07 Å². The third kappa shape index (κ3) is 4.04. The Kier molecular flexibility index (Phi) is 6.05. The zero-order valence-electron chi connectivity index (χ0n) is 10.1. The van der Waals surface area contributed by atoms with Crippen LogP contribution in [0.3, 0.4) is 0 Å². The predicted molar refractivity (Wildman–Crippen MR) is 62.0 cm³/mol. The van der Waals surface area contributed by atoms with E-state index in [2.05, 4.69) is 6.92 Å². The third-order valence-corrected chi connectivity index (χ3v) is 2.83. The maximum absolute atomic E-state index is 13.5. The number of rotatable bonds is 7. The lowest BCUT2D eigenvalue weighted by atomic mass is 10.2. The molecule has 0 heterocycles. The van der Waals surface area contributed by atoms with Crippen molar-refractivity contribution in [2.45, 2.75) is 32.6 Å². The maximum Gasteiger partial charge on any atom is 0.225 e. The molecule has 96 valence electrons. The summed E-state index contributed by atoms with van der Waals surface area (Å²) in [6, 6.07) is 3.90. The first-order valence-electron chi connectivity index (χ1n) is 6.05. The quantitative estimate of drug-likeness (QED) is 0.557. The second-order valence-electron chi connectivity index (χ2n) is 4.15. The molecule has 0 aliphatic carbocycles. The molecule has 0 saturated carbocycles. The van der Waals surface area contributed by atoms with E-state index < -0.39 is 18.4 Å². The highest BCUT2D eigenvalue weighted by Crippen LogP contribution is 2.12. The van der Waals surface area contributed by atoms with Crippen molar-refractivity contribution in [3.63, 3.8) is 0 Å². The summed E-state index contributed by atoms with van der Waals surface area (Å²) in [6.45, 7) is 1.87. The van der Waals surface area contributed by atoms with Crippen molar-refractivity contribution in [2.75, 3.05) is 13.3 Å². The third-order valence-electron chi connectivity index (χ3n) is 2.83. The molecule has 1 unspecified atom stereocenters. The van der Waals surface area contributed by atoms with Gasteiger partial charge in [-0.3, -0.25) is 4.90 Å². The monoisotopic (exact) mass is 246 g/mol. The van der Waals surface area contributed by atoms with Crippen LogP contribution >= 0.6 is 0 Å². The molecular weight excluding hydrogens is 227 g/mol. The van der Waals surface area contributed by atoms with Crippen LogP contribution in [-0.2, 0) is 0 Å². The van der Waals surface area contributed by atoms with E-state index in [4.69, 9.17) is 0 Å². The fourth-order valence-electron chi connectivity index (χ4n) is 1.82. The number of nitrogens with one attached hydrogen (secondary N) is 1. The van der Waals surface area contributed by atoms with Gasteiger partial charge < -0.3 is 0 Å². The fraction of sp³-hybridized carbons (Fsp3) is 0.538. The van der Waals surface area contributed by atoms with Gasteiger partial charge in [0.05, 0.1) is 6.54 Å². The van der Waals surface area contributed by atoms with Crippen LogP contribution in [0.4, 0.5) is 18.9 Å². The molecule has 0 spiro atoms. The van der Waals surface area contributed by atoms with E-state index in [0.717, 1.165) is 31.7 Å². The van der Waals surface area contributed by atoms with E-state index in [-0.39, 0.29) is 5.69 Å². The molecule has 1 nitrogen and oxygen atoms in total. The summed E-state index contributed by atoms with van der Waals surface area (Å²) in [4.78, 5) is 0.359. The molecule has 1 aromatic rings. The van der Waals surface area contributed by atoms with Crippen LogP contribution in [0.1, 0.15) is 32.6 Å². The lowest BCUT2D eigenvalue weighted by molar-refractivity contribution is -0.848. The molecule has 0 radical (unpaired) electrons. The minimum atomic E-state index is -0.935. The van der Waals surface area contributed by atoms with E-state index in [1.54, 1.807) is 0 Å².